The van der Waals surface area contributed by atoms with Crippen molar-refractivity contribution in [1.29, 1.82) is 0 Å². The molecule has 4 heteroatoms. The van der Waals surface area contributed by atoms with E-state index < -0.39 is 8.07 Å². The SMILES string of the molecule is C[Si](C)(C)c1cc(C(O)CCCCCCCCc2cccs2)co1. The highest BCUT2D eigenvalue weighted by atomic mass is 32.1. The van der Waals surface area contributed by atoms with Gasteiger partial charge in [0.1, 0.15) is 8.07 Å². The Kier molecular flexibility index (Phi) is 7.79. The smallest absolute Gasteiger partial charge is 0.123 e. The van der Waals surface area contributed by atoms with E-state index >= 15 is 0 Å². The molecule has 0 amide bonds. The molecule has 0 aliphatic heterocycles. The summed E-state index contributed by atoms with van der Waals surface area (Å²) in [6, 6.07) is 6.44. The lowest BCUT2D eigenvalue weighted by Gasteiger charge is -2.11. The minimum atomic E-state index is -1.41. The van der Waals surface area contributed by atoms with Crippen molar-refractivity contribution in [2.75, 3.05) is 0 Å². The summed E-state index contributed by atoms with van der Waals surface area (Å²) in [5, 5.41) is 13.5. The van der Waals surface area contributed by atoms with Crippen LogP contribution >= 0.6 is 11.3 Å². The summed E-state index contributed by atoms with van der Waals surface area (Å²) in [4.78, 5) is 1.51. The molecule has 1 unspecified atom stereocenters. The van der Waals surface area contributed by atoms with E-state index in [9.17, 15) is 5.11 Å². The zero-order chi connectivity index (χ0) is 17.4. The normalized spacial score (nSPS) is 13.3. The molecule has 24 heavy (non-hydrogen) atoms. The molecular weight excluding hydrogens is 332 g/mol. The number of hydrogen-bond acceptors (Lipinski definition) is 3. The Morgan fingerprint density at radius 2 is 1.79 bits per heavy atom. The van der Waals surface area contributed by atoms with Gasteiger partial charge in [-0.25, -0.2) is 0 Å². The van der Waals surface area contributed by atoms with Crippen LogP contribution in [0.15, 0.2) is 34.3 Å². The Labute approximate surface area is 151 Å². The van der Waals surface area contributed by atoms with E-state index in [1.165, 1.54) is 43.4 Å². The Hall–Kier alpha value is -0.843. The third-order valence-electron chi connectivity index (χ3n) is 4.47. The molecule has 0 saturated heterocycles. The van der Waals surface area contributed by atoms with Crippen LogP contribution in [0.5, 0.6) is 0 Å². The van der Waals surface area contributed by atoms with Crippen molar-refractivity contribution in [2.24, 2.45) is 0 Å². The predicted molar refractivity (Wildman–Crippen MR) is 107 cm³/mol. The van der Waals surface area contributed by atoms with Crippen molar-refractivity contribution in [3.63, 3.8) is 0 Å². The van der Waals surface area contributed by atoms with Crippen molar-refractivity contribution < 1.29 is 9.52 Å². The van der Waals surface area contributed by atoms with E-state index in [-0.39, 0.29) is 6.10 Å². The Morgan fingerprint density at radius 3 is 2.42 bits per heavy atom. The number of unbranched alkanes of at least 4 members (excludes halogenated alkanes) is 5. The second-order valence-electron chi connectivity index (χ2n) is 7.75. The van der Waals surface area contributed by atoms with Crippen molar-refractivity contribution in [3.05, 3.63) is 40.3 Å². The minimum Gasteiger partial charge on any atom is -0.474 e. The van der Waals surface area contributed by atoms with Gasteiger partial charge in [0.15, 0.2) is 0 Å². The molecule has 0 fully saturated rings. The molecule has 134 valence electrons. The topological polar surface area (TPSA) is 33.4 Å². The van der Waals surface area contributed by atoms with Crippen LogP contribution in [0.4, 0.5) is 0 Å². The van der Waals surface area contributed by atoms with Gasteiger partial charge < -0.3 is 9.52 Å². The molecule has 2 nitrogen and oxygen atoms in total. The zero-order valence-corrected chi connectivity index (χ0v) is 17.2. The van der Waals surface area contributed by atoms with Gasteiger partial charge in [-0.15, -0.1) is 11.3 Å². The van der Waals surface area contributed by atoms with Crippen LogP contribution in [0.25, 0.3) is 0 Å². The van der Waals surface area contributed by atoms with Gasteiger partial charge in [-0.2, -0.15) is 0 Å². The number of furan rings is 1. The van der Waals surface area contributed by atoms with Crippen LogP contribution in [-0.4, -0.2) is 13.2 Å². The lowest BCUT2D eigenvalue weighted by molar-refractivity contribution is 0.162. The highest BCUT2D eigenvalue weighted by molar-refractivity contribution is 7.09. The van der Waals surface area contributed by atoms with Gasteiger partial charge in [0.25, 0.3) is 0 Å². The Morgan fingerprint density at radius 1 is 1.08 bits per heavy atom. The number of rotatable bonds is 11. The van der Waals surface area contributed by atoms with Crippen LogP contribution in [-0.2, 0) is 6.42 Å². The van der Waals surface area contributed by atoms with Crippen LogP contribution in [0.3, 0.4) is 0 Å². The first kappa shape index (κ1) is 19.5. The van der Waals surface area contributed by atoms with E-state index in [1.807, 2.05) is 11.3 Å². The number of aliphatic hydroxyl groups excluding tert-OH is 1. The first-order valence-electron chi connectivity index (χ1n) is 9.26. The fourth-order valence-corrected chi connectivity index (χ4v) is 4.65. The summed E-state index contributed by atoms with van der Waals surface area (Å²) >= 11 is 1.87. The monoisotopic (exact) mass is 364 g/mol. The highest BCUT2D eigenvalue weighted by Crippen LogP contribution is 2.21. The quantitative estimate of drug-likeness (QED) is 0.398. The molecule has 0 saturated carbocycles. The molecule has 1 atom stereocenters. The molecule has 2 aromatic rings. The summed E-state index contributed by atoms with van der Waals surface area (Å²) in [6.45, 7) is 6.79. The van der Waals surface area contributed by atoms with Gasteiger partial charge in [0.2, 0.25) is 0 Å². The number of thiophene rings is 1. The van der Waals surface area contributed by atoms with Crippen molar-refractivity contribution >= 4 is 24.8 Å². The fraction of sp³-hybridized carbons (Fsp3) is 0.600. The summed E-state index contributed by atoms with van der Waals surface area (Å²) in [5.74, 6) is 0. The average molecular weight is 365 g/mol. The largest absolute Gasteiger partial charge is 0.474 e. The molecule has 0 aliphatic rings. The molecular formula is C20H32O2SSi. The molecule has 1 N–H and O–H groups in total. The molecule has 0 spiro atoms. The van der Waals surface area contributed by atoms with E-state index in [0.29, 0.717) is 0 Å². The first-order valence-corrected chi connectivity index (χ1v) is 13.6. The predicted octanol–water partition coefficient (Wildman–Crippen LogP) is 5.89. The van der Waals surface area contributed by atoms with Crippen LogP contribution in [0, 0.1) is 0 Å². The maximum Gasteiger partial charge on any atom is 0.123 e. The second kappa shape index (κ2) is 9.59. The third-order valence-corrected chi connectivity index (χ3v) is 7.15. The fourth-order valence-electron chi connectivity index (χ4n) is 2.88. The molecule has 2 rings (SSSR count). The van der Waals surface area contributed by atoms with E-state index in [2.05, 4.69) is 43.2 Å². The van der Waals surface area contributed by atoms with E-state index in [0.717, 1.165) is 23.8 Å². The molecule has 0 bridgehead atoms. The molecule has 0 aromatic carbocycles. The second-order valence-corrected chi connectivity index (χ2v) is 13.8. The van der Waals surface area contributed by atoms with Crippen molar-refractivity contribution in [1.82, 2.24) is 0 Å². The molecule has 2 heterocycles. The summed E-state index contributed by atoms with van der Waals surface area (Å²) in [7, 11) is -1.41. The Bertz CT molecular complexity index is 569. The Balaban J connectivity index is 1.53. The van der Waals surface area contributed by atoms with E-state index in [1.54, 1.807) is 6.26 Å². The van der Waals surface area contributed by atoms with Crippen LogP contribution in [0.1, 0.15) is 61.5 Å². The molecule has 0 radical (unpaired) electrons. The summed E-state index contributed by atoms with van der Waals surface area (Å²) < 4.78 is 5.66. The van der Waals surface area contributed by atoms with Crippen molar-refractivity contribution in [2.45, 2.75) is 77.1 Å². The maximum absolute atomic E-state index is 10.3. The molecule has 0 aliphatic carbocycles. The highest BCUT2D eigenvalue weighted by Gasteiger charge is 2.22. The van der Waals surface area contributed by atoms with Gasteiger partial charge in [0.05, 0.1) is 17.8 Å². The van der Waals surface area contributed by atoms with E-state index in [4.69, 9.17) is 4.42 Å². The van der Waals surface area contributed by atoms with Crippen LogP contribution < -0.4 is 5.38 Å². The van der Waals surface area contributed by atoms with Gasteiger partial charge in [-0.1, -0.05) is 57.8 Å². The number of aliphatic hydroxyl groups is 1. The van der Waals surface area contributed by atoms with Gasteiger partial charge in [0, 0.05) is 10.4 Å². The number of aryl methyl sites for hydroxylation is 1. The molecule has 2 aromatic heterocycles. The first-order chi connectivity index (χ1) is 11.5. The van der Waals surface area contributed by atoms with Crippen LogP contribution in [0.2, 0.25) is 19.6 Å². The standard InChI is InChI=1S/C20H32O2SSi/c1-24(2,3)20-15-17(16-22-20)19(21)13-9-7-5-4-6-8-11-18-12-10-14-23-18/h10,12,14-16,19,21H,4-9,11,13H2,1-3H3. The average Bonchev–Trinajstić information content (AvgIpc) is 3.19. The summed E-state index contributed by atoms with van der Waals surface area (Å²) in [5.41, 5.74) is 0.961. The van der Waals surface area contributed by atoms with Gasteiger partial charge >= 0.3 is 0 Å². The van der Waals surface area contributed by atoms with Gasteiger partial charge in [-0.3, -0.25) is 0 Å². The lowest BCUT2D eigenvalue weighted by atomic mass is 10.0. The number of hydrogen-bond donors (Lipinski definition) is 1. The third kappa shape index (κ3) is 6.58. The lowest BCUT2D eigenvalue weighted by Crippen LogP contribution is -2.36. The minimum absolute atomic E-state index is 0.363. The van der Waals surface area contributed by atoms with Gasteiger partial charge in [-0.05, 0) is 36.8 Å². The summed E-state index contributed by atoms with van der Waals surface area (Å²) in [6.07, 6.45) is 11.0. The maximum atomic E-state index is 10.3. The van der Waals surface area contributed by atoms with Crippen molar-refractivity contribution in [3.8, 4) is 0 Å². The zero-order valence-electron chi connectivity index (χ0n) is 15.4.